The quantitative estimate of drug-likeness (QED) is 0.741. The Kier molecular flexibility index (Phi) is 3.90. The molecule has 1 aliphatic carbocycles. The van der Waals surface area contributed by atoms with E-state index in [1.54, 1.807) is 0 Å². The fourth-order valence-electron chi connectivity index (χ4n) is 0.932. The molecule has 0 bridgehead atoms. The monoisotopic (exact) mass is 299 g/mol. The zero-order valence-electron chi connectivity index (χ0n) is 7.68. The summed E-state index contributed by atoms with van der Waals surface area (Å²) in [6, 6.07) is 0. The molecule has 0 aliphatic heterocycles. The highest BCUT2D eigenvalue weighted by Gasteiger charge is 2.39. The summed E-state index contributed by atoms with van der Waals surface area (Å²) in [4.78, 5) is 10.6. The molecule has 0 aromatic carbocycles. The molecule has 1 aliphatic rings. The summed E-state index contributed by atoms with van der Waals surface area (Å²) >= 11 is 2.98. The van der Waals surface area contributed by atoms with E-state index in [1.807, 2.05) is 0 Å². The first-order valence-electron chi connectivity index (χ1n) is 4.08. The molecular formula is C9H6BrF4NO. The Bertz CT molecular complexity index is 383. The summed E-state index contributed by atoms with van der Waals surface area (Å²) in [5, 5.41) is 1.48. The van der Waals surface area contributed by atoms with Crippen LogP contribution in [-0.4, -0.2) is 18.3 Å². The van der Waals surface area contributed by atoms with Crippen LogP contribution in [-0.2, 0) is 4.79 Å². The minimum Gasteiger partial charge on any atom is -0.319 e. The lowest BCUT2D eigenvalue weighted by Crippen LogP contribution is -2.38. The third-order valence-electron chi connectivity index (χ3n) is 1.64. The maximum Gasteiger partial charge on any atom is 0.471 e. The minimum atomic E-state index is -5.03. The van der Waals surface area contributed by atoms with Gasteiger partial charge in [-0.3, -0.25) is 4.79 Å². The molecule has 1 unspecified atom stereocenters. The number of hydrogen-bond acceptors (Lipinski definition) is 1. The van der Waals surface area contributed by atoms with Gasteiger partial charge in [0.1, 0.15) is 0 Å². The van der Waals surface area contributed by atoms with Crippen LogP contribution in [0.15, 0.2) is 34.5 Å². The second-order valence-corrected chi connectivity index (χ2v) is 3.81. The number of allylic oxidation sites excluding steroid dienone is 5. The van der Waals surface area contributed by atoms with Gasteiger partial charge in [0, 0.05) is 4.48 Å². The summed E-state index contributed by atoms with van der Waals surface area (Å²) in [6.07, 6.45) is -1.94. The van der Waals surface area contributed by atoms with Gasteiger partial charge in [0.05, 0.1) is 5.70 Å². The predicted octanol–water partition coefficient (Wildman–Crippen LogP) is 2.74. The van der Waals surface area contributed by atoms with Crippen molar-refractivity contribution in [3.8, 4) is 0 Å². The summed E-state index contributed by atoms with van der Waals surface area (Å²) < 4.78 is 49.4. The highest BCUT2D eigenvalue weighted by Crippen LogP contribution is 2.20. The predicted molar refractivity (Wildman–Crippen MR) is 53.3 cm³/mol. The SMILES string of the molecule is O=C(NC1=CC(Br)=CC=CC1F)C(F)(F)F. The fourth-order valence-corrected chi connectivity index (χ4v) is 1.33. The van der Waals surface area contributed by atoms with Crippen LogP contribution in [0.5, 0.6) is 0 Å². The first kappa shape index (κ1) is 13.0. The molecule has 0 saturated heterocycles. The second-order valence-electron chi connectivity index (χ2n) is 2.89. The Morgan fingerprint density at radius 2 is 2.06 bits per heavy atom. The Morgan fingerprint density at radius 3 is 2.62 bits per heavy atom. The third kappa shape index (κ3) is 3.48. The van der Waals surface area contributed by atoms with E-state index < -0.39 is 24.0 Å². The molecular weight excluding hydrogens is 294 g/mol. The molecule has 16 heavy (non-hydrogen) atoms. The van der Waals surface area contributed by atoms with Crippen LogP contribution >= 0.6 is 15.9 Å². The van der Waals surface area contributed by atoms with Gasteiger partial charge in [0.15, 0.2) is 6.17 Å². The van der Waals surface area contributed by atoms with Crippen molar-refractivity contribution in [3.05, 3.63) is 34.5 Å². The lowest BCUT2D eigenvalue weighted by atomic mass is 10.2. The molecule has 2 nitrogen and oxygen atoms in total. The Hall–Kier alpha value is -1.11. The van der Waals surface area contributed by atoms with E-state index in [9.17, 15) is 22.4 Å². The summed E-state index contributed by atoms with van der Waals surface area (Å²) in [7, 11) is 0. The first-order chi connectivity index (χ1) is 7.30. The number of rotatable bonds is 1. The molecule has 0 spiro atoms. The second kappa shape index (κ2) is 4.82. The molecule has 0 aromatic rings. The van der Waals surface area contributed by atoms with Gasteiger partial charge in [-0.1, -0.05) is 22.0 Å². The maximum absolute atomic E-state index is 13.2. The van der Waals surface area contributed by atoms with Crippen LogP contribution in [0.4, 0.5) is 17.6 Å². The first-order valence-corrected chi connectivity index (χ1v) is 4.88. The molecule has 1 atom stereocenters. The Balaban J connectivity index is 2.84. The lowest BCUT2D eigenvalue weighted by molar-refractivity contribution is -0.172. The van der Waals surface area contributed by atoms with Crippen molar-refractivity contribution >= 4 is 21.8 Å². The molecule has 0 aromatic heterocycles. The Labute approximate surface area is 96.8 Å². The van der Waals surface area contributed by atoms with Crippen LogP contribution in [0.2, 0.25) is 0 Å². The summed E-state index contributed by atoms with van der Waals surface area (Å²) in [5.41, 5.74) is -0.459. The highest BCUT2D eigenvalue weighted by atomic mass is 79.9. The van der Waals surface area contributed by atoms with Gasteiger partial charge in [0.25, 0.3) is 0 Å². The van der Waals surface area contributed by atoms with E-state index in [-0.39, 0.29) is 0 Å². The molecule has 88 valence electrons. The highest BCUT2D eigenvalue weighted by molar-refractivity contribution is 9.11. The maximum atomic E-state index is 13.2. The van der Waals surface area contributed by atoms with Crippen LogP contribution in [0.1, 0.15) is 0 Å². The van der Waals surface area contributed by atoms with Crippen molar-refractivity contribution in [1.29, 1.82) is 0 Å². The summed E-state index contributed by atoms with van der Waals surface area (Å²) in [5.74, 6) is -2.20. The number of halogens is 5. The number of carbonyl (C=O) groups is 1. The smallest absolute Gasteiger partial charge is 0.319 e. The van der Waals surface area contributed by atoms with Gasteiger partial charge < -0.3 is 5.32 Å². The molecule has 1 N–H and O–H groups in total. The standard InChI is InChI=1S/C9H6BrF4NO/c10-5-2-1-3-6(11)7(4-5)15-8(16)9(12,13)14/h1-4,6H,(H,15,16). The molecule has 0 fully saturated rings. The molecule has 0 heterocycles. The number of carbonyl (C=O) groups excluding carboxylic acids is 1. The zero-order chi connectivity index (χ0) is 12.3. The van der Waals surface area contributed by atoms with Crippen molar-refractivity contribution in [2.24, 2.45) is 0 Å². The van der Waals surface area contributed by atoms with Crippen molar-refractivity contribution in [2.45, 2.75) is 12.3 Å². The van der Waals surface area contributed by atoms with E-state index in [2.05, 4.69) is 15.9 Å². The van der Waals surface area contributed by atoms with Gasteiger partial charge in [0.2, 0.25) is 0 Å². The van der Waals surface area contributed by atoms with E-state index in [0.29, 0.717) is 4.48 Å². The fraction of sp³-hybridized carbons (Fsp3) is 0.222. The van der Waals surface area contributed by atoms with E-state index in [1.165, 1.54) is 17.5 Å². The van der Waals surface area contributed by atoms with Crippen molar-refractivity contribution < 1.29 is 22.4 Å². The largest absolute Gasteiger partial charge is 0.471 e. The average molecular weight is 300 g/mol. The van der Waals surface area contributed by atoms with Crippen LogP contribution in [0.25, 0.3) is 0 Å². The topological polar surface area (TPSA) is 29.1 Å². The number of nitrogens with one attached hydrogen (secondary N) is 1. The number of alkyl halides is 4. The Morgan fingerprint density at radius 1 is 1.44 bits per heavy atom. The van der Waals surface area contributed by atoms with Crippen molar-refractivity contribution in [3.63, 3.8) is 0 Å². The van der Waals surface area contributed by atoms with Gasteiger partial charge in [-0.15, -0.1) is 0 Å². The minimum absolute atomic E-state index is 0.362. The van der Waals surface area contributed by atoms with Gasteiger partial charge in [-0.05, 0) is 18.2 Å². The van der Waals surface area contributed by atoms with E-state index in [0.717, 1.165) is 12.2 Å². The van der Waals surface area contributed by atoms with Gasteiger partial charge in [-0.2, -0.15) is 13.2 Å². The molecule has 0 radical (unpaired) electrons. The van der Waals surface area contributed by atoms with Crippen LogP contribution < -0.4 is 5.32 Å². The van der Waals surface area contributed by atoms with Crippen LogP contribution in [0.3, 0.4) is 0 Å². The lowest BCUT2D eigenvalue weighted by Gasteiger charge is -2.12. The van der Waals surface area contributed by atoms with Gasteiger partial charge >= 0.3 is 12.1 Å². The number of hydrogen-bond donors (Lipinski definition) is 1. The normalized spacial score (nSPS) is 20.9. The molecule has 1 amide bonds. The average Bonchev–Trinajstić information content (AvgIpc) is 2.28. The third-order valence-corrected chi connectivity index (χ3v) is 2.13. The molecule has 1 rings (SSSR count). The van der Waals surface area contributed by atoms with E-state index >= 15 is 0 Å². The van der Waals surface area contributed by atoms with E-state index in [4.69, 9.17) is 0 Å². The summed E-state index contributed by atoms with van der Waals surface area (Å²) in [6.45, 7) is 0. The van der Waals surface area contributed by atoms with Crippen LogP contribution in [0, 0.1) is 0 Å². The molecule has 7 heteroatoms. The van der Waals surface area contributed by atoms with Crippen molar-refractivity contribution in [1.82, 2.24) is 5.32 Å². The van der Waals surface area contributed by atoms with Crippen molar-refractivity contribution in [2.75, 3.05) is 0 Å². The van der Waals surface area contributed by atoms with Gasteiger partial charge in [-0.25, -0.2) is 4.39 Å². The number of amides is 1. The zero-order valence-corrected chi connectivity index (χ0v) is 9.27. The molecule has 0 saturated carbocycles.